The number of anilines is 1. The van der Waals surface area contributed by atoms with Gasteiger partial charge in [0.15, 0.2) is 18.1 Å². The van der Waals surface area contributed by atoms with Crippen molar-refractivity contribution in [3.8, 4) is 11.5 Å². The van der Waals surface area contributed by atoms with Gasteiger partial charge in [0.2, 0.25) is 0 Å². The van der Waals surface area contributed by atoms with Gasteiger partial charge in [-0.3, -0.25) is 4.79 Å². The van der Waals surface area contributed by atoms with Gasteiger partial charge in [-0.05, 0) is 48.4 Å². The normalized spacial score (nSPS) is 10.6. The Morgan fingerprint density at radius 1 is 1.00 bits per heavy atom. The number of hydrogen-bond acceptors (Lipinski definition) is 5. The van der Waals surface area contributed by atoms with E-state index in [0.29, 0.717) is 18.0 Å². The van der Waals surface area contributed by atoms with Crippen LogP contribution in [0.4, 0.5) is 5.69 Å². The van der Waals surface area contributed by atoms with Crippen molar-refractivity contribution in [1.29, 1.82) is 0 Å². The van der Waals surface area contributed by atoms with E-state index in [1.165, 1.54) is 0 Å². The lowest BCUT2D eigenvalue weighted by Gasteiger charge is -2.11. The Kier molecular flexibility index (Phi) is 7.44. The predicted molar refractivity (Wildman–Crippen MR) is 119 cm³/mol. The topological polar surface area (TPSA) is 71.9 Å². The molecule has 0 saturated carbocycles. The number of benzene rings is 3. The van der Waals surface area contributed by atoms with E-state index in [1.807, 2.05) is 67.6 Å². The van der Waals surface area contributed by atoms with Crippen LogP contribution in [0.15, 0.2) is 77.9 Å². The summed E-state index contributed by atoms with van der Waals surface area (Å²) < 4.78 is 11.0. The molecular weight excluding hydrogens is 378 g/mol. The predicted octanol–water partition coefficient (Wildman–Crippen LogP) is 4.14. The van der Waals surface area contributed by atoms with E-state index < -0.39 is 0 Å². The van der Waals surface area contributed by atoms with Crippen molar-refractivity contribution in [3.05, 3.63) is 89.5 Å². The number of rotatable bonds is 9. The van der Waals surface area contributed by atoms with E-state index in [0.717, 1.165) is 22.4 Å². The first-order valence-electron chi connectivity index (χ1n) is 9.61. The second-order valence-electron chi connectivity index (χ2n) is 6.69. The number of methoxy groups -OCH3 is 1. The highest BCUT2D eigenvalue weighted by Crippen LogP contribution is 2.27. The monoisotopic (exact) mass is 403 g/mol. The molecule has 0 bridgehead atoms. The number of amides is 1. The van der Waals surface area contributed by atoms with Gasteiger partial charge in [0.05, 0.1) is 19.9 Å². The van der Waals surface area contributed by atoms with Gasteiger partial charge < -0.3 is 20.2 Å². The van der Waals surface area contributed by atoms with E-state index in [-0.39, 0.29) is 12.5 Å². The number of nitrogens with zero attached hydrogens (tertiary/aromatic N) is 1. The minimum absolute atomic E-state index is 0.115. The minimum Gasteiger partial charge on any atom is -0.493 e. The van der Waals surface area contributed by atoms with E-state index in [4.69, 9.17) is 9.47 Å². The molecule has 0 saturated heterocycles. The fourth-order valence-corrected chi connectivity index (χ4v) is 2.71. The lowest BCUT2D eigenvalue weighted by molar-refractivity contribution is -0.118. The van der Waals surface area contributed by atoms with Crippen molar-refractivity contribution in [3.63, 3.8) is 0 Å². The summed E-state index contributed by atoms with van der Waals surface area (Å²) in [6.45, 7) is 2.52. The molecule has 0 atom stereocenters. The molecule has 0 radical (unpaired) electrons. The summed E-state index contributed by atoms with van der Waals surface area (Å²) in [5, 5.41) is 7.04. The van der Waals surface area contributed by atoms with Gasteiger partial charge in [0, 0.05) is 5.69 Å². The fourth-order valence-electron chi connectivity index (χ4n) is 2.71. The van der Waals surface area contributed by atoms with Gasteiger partial charge in [-0.25, -0.2) is 0 Å². The molecule has 3 aromatic rings. The lowest BCUT2D eigenvalue weighted by Crippen LogP contribution is -2.20. The van der Waals surface area contributed by atoms with E-state index in [9.17, 15) is 4.79 Å². The molecule has 0 unspecified atom stereocenters. The first-order valence-corrected chi connectivity index (χ1v) is 9.61. The molecule has 0 aliphatic heterocycles. The molecule has 6 nitrogen and oxygen atoms in total. The maximum atomic E-state index is 12.1. The fraction of sp³-hybridized carbons (Fsp3) is 0.167. The van der Waals surface area contributed by atoms with Gasteiger partial charge in [-0.2, -0.15) is 5.10 Å². The third-order valence-electron chi connectivity index (χ3n) is 4.31. The van der Waals surface area contributed by atoms with Crippen LogP contribution in [0.3, 0.4) is 0 Å². The average molecular weight is 403 g/mol. The van der Waals surface area contributed by atoms with Gasteiger partial charge in [0.1, 0.15) is 0 Å². The molecule has 2 N–H and O–H groups in total. The zero-order chi connectivity index (χ0) is 21.2. The first-order chi connectivity index (χ1) is 14.6. The summed E-state index contributed by atoms with van der Waals surface area (Å²) in [6.07, 6.45) is 1.71. The summed E-state index contributed by atoms with van der Waals surface area (Å²) in [7, 11) is 1.56. The SMILES string of the molecule is COc1cc(C=NNCc2ccccc2)ccc1OCC(=O)Nc1ccc(C)cc1. The number of carbonyl (C=O) groups is 1. The molecule has 30 heavy (non-hydrogen) atoms. The van der Waals surface area contributed by atoms with E-state index in [1.54, 1.807) is 25.5 Å². The Bertz CT molecular complexity index is 986. The van der Waals surface area contributed by atoms with Gasteiger partial charge >= 0.3 is 0 Å². The van der Waals surface area contributed by atoms with Crippen molar-refractivity contribution in [2.75, 3.05) is 19.0 Å². The average Bonchev–Trinajstić information content (AvgIpc) is 2.78. The van der Waals surface area contributed by atoms with Crippen molar-refractivity contribution in [1.82, 2.24) is 5.43 Å². The molecule has 0 aromatic heterocycles. The van der Waals surface area contributed by atoms with Crippen molar-refractivity contribution in [2.45, 2.75) is 13.5 Å². The molecule has 3 aromatic carbocycles. The Balaban J connectivity index is 1.52. The number of aryl methyl sites for hydroxylation is 1. The van der Waals surface area contributed by atoms with E-state index in [2.05, 4.69) is 15.8 Å². The molecule has 0 heterocycles. The highest BCUT2D eigenvalue weighted by atomic mass is 16.5. The second-order valence-corrected chi connectivity index (χ2v) is 6.69. The lowest BCUT2D eigenvalue weighted by atomic mass is 10.2. The van der Waals surface area contributed by atoms with Crippen LogP contribution >= 0.6 is 0 Å². The summed E-state index contributed by atoms with van der Waals surface area (Å²) in [5.74, 6) is 0.785. The third kappa shape index (κ3) is 6.38. The summed E-state index contributed by atoms with van der Waals surface area (Å²) >= 11 is 0. The van der Waals surface area contributed by atoms with Crippen LogP contribution in [0, 0.1) is 6.92 Å². The van der Waals surface area contributed by atoms with Crippen LogP contribution in [-0.4, -0.2) is 25.8 Å². The molecule has 1 amide bonds. The van der Waals surface area contributed by atoms with Crippen molar-refractivity contribution >= 4 is 17.8 Å². The van der Waals surface area contributed by atoms with Gasteiger partial charge in [-0.15, -0.1) is 0 Å². The smallest absolute Gasteiger partial charge is 0.262 e. The number of carbonyl (C=O) groups excluding carboxylic acids is 1. The van der Waals surface area contributed by atoms with Gasteiger partial charge in [-0.1, -0.05) is 48.0 Å². The first kappa shape index (κ1) is 20.9. The maximum Gasteiger partial charge on any atom is 0.262 e. The largest absolute Gasteiger partial charge is 0.493 e. The maximum absolute atomic E-state index is 12.1. The van der Waals surface area contributed by atoms with Crippen LogP contribution in [-0.2, 0) is 11.3 Å². The highest BCUT2D eigenvalue weighted by molar-refractivity contribution is 5.92. The highest BCUT2D eigenvalue weighted by Gasteiger charge is 2.09. The van der Waals surface area contributed by atoms with Gasteiger partial charge in [0.25, 0.3) is 5.91 Å². The third-order valence-corrected chi connectivity index (χ3v) is 4.31. The second kappa shape index (κ2) is 10.7. The summed E-state index contributed by atoms with van der Waals surface area (Å²) in [6, 6.07) is 23.0. The van der Waals surface area contributed by atoms with Crippen LogP contribution in [0.1, 0.15) is 16.7 Å². The number of ether oxygens (including phenoxy) is 2. The molecule has 6 heteroatoms. The van der Waals surface area contributed by atoms with Crippen LogP contribution in [0.2, 0.25) is 0 Å². The molecule has 0 aliphatic carbocycles. The van der Waals surface area contributed by atoms with E-state index >= 15 is 0 Å². The van der Waals surface area contributed by atoms with Crippen LogP contribution in [0.5, 0.6) is 11.5 Å². The van der Waals surface area contributed by atoms with Crippen molar-refractivity contribution in [2.24, 2.45) is 5.10 Å². The number of nitrogens with one attached hydrogen (secondary N) is 2. The molecule has 0 fully saturated rings. The molecule has 0 spiro atoms. The van der Waals surface area contributed by atoms with Crippen LogP contribution in [0.25, 0.3) is 0 Å². The standard InChI is InChI=1S/C24H25N3O3/c1-18-8-11-21(12-9-18)27-24(28)17-30-22-13-10-20(14-23(22)29-2)16-26-25-15-19-6-4-3-5-7-19/h3-14,16,25H,15,17H2,1-2H3,(H,27,28). The molecule has 154 valence electrons. The Morgan fingerprint density at radius 2 is 1.77 bits per heavy atom. The molecule has 0 aliphatic rings. The molecule has 3 rings (SSSR count). The quantitative estimate of drug-likeness (QED) is 0.416. The summed E-state index contributed by atoms with van der Waals surface area (Å²) in [4.78, 5) is 12.1. The summed E-state index contributed by atoms with van der Waals surface area (Å²) in [5.41, 5.74) is 6.88. The Hall–Kier alpha value is -3.80. The minimum atomic E-state index is -0.239. The Labute approximate surface area is 176 Å². The molecular formula is C24H25N3O3. The van der Waals surface area contributed by atoms with Crippen molar-refractivity contribution < 1.29 is 14.3 Å². The zero-order valence-corrected chi connectivity index (χ0v) is 17.1. The Morgan fingerprint density at radius 3 is 2.50 bits per heavy atom. The number of hydrogen-bond donors (Lipinski definition) is 2. The van der Waals surface area contributed by atoms with Crippen LogP contribution < -0.4 is 20.2 Å². The zero-order valence-electron chi connectivity index (χ0n) is 17.1. The number of hydrazone groups is 1.